The lowest BCUT2D eigenvalue weighted by Crippen LogP contribution is -2.22. The van der Waals surface area contributed by atoms with Crippen molar-refractivity contribution in [2.24, 2.45) is 10.1 Å². The molecule has 9 nitrogen and oxygen atoms in total. The van der Waals surface area contributed by atoms with E-state index in [0.29, 0.717) is 23.0 Å². The van der Waals surface area contributed by atoms with Crippen molar-refractivity contribution in [3.8, 4) is 23.5 Å². The minimum Gasteiger partial charge on any atom is -0.462 e. The van der Waals surface area contributed by atoms with Crippen LogP contribution in [0.5, 0.6) is 0 Å². The minimum absolute atomic E-state index is 0.0131. The third kappa shape index (κ3) is 3.74. The van der Waals surface area contributed by atoms with Gasteiger partial charge in [-0.2, -0.15) is 9.78 Å². The lowest BCUT2D eigenvalue weighted by Gasteiger charge is -2.21. The first kappa shape index (κ1) is 20.9. The second-order valence-electron chi connectivity index (χ2n) is 6.99. The molecule has 32 heavy (non-hydrogen) atoms. The maximum atomic E-state index is 12.5. The van der Waals surface area contributed by atoms with Crippen LogP contribution in [0.4, 0.5) is 11.4 Å². The summed E-state index contributed by atoms with van der Waals surface area (Å²) < 4.78 is 1.42. The van der Waals surface area contributed by atoms with E-state index in [9.17, 15) is 4.79 Å². The van der Waals surface area contributed by atoms with E-state index >= 15 is 0 Å². The van der Waals surface area contributed by atoms with Gasteiger partial charge >= 0.3 is 0 Å². The summed E-state index contributed by atoms with van der Waals surface area (Å²) in [4.78, 5) is 23.8. The third-order valence-corrected chi connectivity index (χ3v) is 5.10. The standard InChI is InChI=1S/C23H21N7O2/c1-4-29(5-2)16-9-10-17(15(3)14-16)25-21-20(19(32)11-13-31)28-30-22(26-27-23(21)30)18-8-6-7-12-24-18/h6-10,12,14,31H,4-5H2,1-3H3. The number of hydrogen-bond donors (Lipinski definition) is 1. The molecule has 2 aromatic heterocycles. The number of carbonyl (C=O) groups is 1. The smallest absolute Gasteiger partial charge is 0.261 e. The predicted molar refractivity (Wildman–Crippen MR) is 122 cm³/mol. The topological polar surface area (TPSA) is 109 Å². The van der Waals surface area contributed by atoms with Crippen LogP contribution in [0.3, 0.4) is 0 Å². The van der Waals surface area contributed by atoms with Crippen LogP contribution in [0.25, 0.3) is 11.5 Å². The predicted octanol–water partition coefficient (Wildman–Crippen LogP) is 2.74. The summed E-state index contributed by atoms with van der Waals surface area (Å²) >= 11 is 0. The maximum absolute atomic E-state index is 12.5. The number of Topliss-reactive ketones (excluding diaryl/α,β-unsaturated/α-hetero) is 1. The van der Waals surface area contributed by atoms with E-state index in [1.54, 1.807) is 24.4 Å². The molecule has 0 bridgehead atoms. The molecular formula is C23H21N7O2. The molecule has 1 aromatic carbocycles. The lowest BCUT2D eigenvalue weighted by atomic mass is 10.1. The maximum Gasteiger partial charge on any atom is 0.261 e. The fraction of sp³-hybridized carbons (Fsp3) is 0.217. The number of pyridine rings is 1. The molecule has 160 valence electrons. The molecule has 0 atom stereocenters. The molecule has 9 heteroatoms. The third-order valence-electron chi connectivity index (χ3n) is 5.10. The monoisotopic (exact) mass is 427 g/mol. The van der Waals surface area contributed by atoms with E-state index in [2.05, 4.69) is 51.0 Å². The Kier molecular flexibility index (Phi) is 5.77. The van der Waals surface area contributed by atoms with Crippen LogP contribution in [0.1, 0.15) is 25.2 Å². The Hall–Kier alpha value is -4.32. The van der Waals surface area contributed by atoms with Crippen molar-refractivity contribution in [2.45, 2.75) is 20.8 Å². The molecule has 3 heterocycles. The Labute approximate surface area is 185 Å². The second kappa shape index (κ2) is 8.81. The SMILES string of the molecule is CCN(CC)c1ccc(N=C2C(C(=O)C#CO)=Nn3c2nnc3-c2ccccn2)c(C)c1. The number of aryl methyl sites for hydroxylation is 1. The number of hydrogen-bond acceptors (Lipinski definition) is 8. The molecule has 1 aliphatic rings. The average molecular weight is 427 g/mol. The Morgan fingerprint density at radius 1 is 1.16 bits per heavy atom. The zero-order chi connectivity index (χ0) is 22.7. The minimum atomic E-state index is -0.666. The van der Waals surface area contributed by atoms with Crippen molar-refractivity contribution in [2.75, 3.05) is 18.0 Å². The molecule has 0 saturated heterocycles. The number of fused-ring (bicyclic) bond motifs is 1. The summed E-state index contributed by atoms with van der Waals surface area (Å²) in [6, 6.07) is 11.3. The summed E-state index contributed by atoms with van der Waals surface area (Å²) in [6.07, 6.45) is 3.27. The van der Waals surface area contributed by atoms with Crippen molar-refractivity contribution < 1.29 is 9.90 Å². The Bertz CT molecular complexity index is 1290. The van der Waals surface area contributed by atoms with Gasteiger partial charge in [-0.3, -0.25) is 9.78 Å². The summed E-state index contributed by atoms with van der Waals surface area (Å²) in [5.41, 5.74) is 3.48. The zero-order valence-corrected chi connectivity index (χ0v) is 17.9. The number of benzene rings is 1. The molecule has 4 rings (SSSR count). The first-order valence-corrected chi connectivity index (χ1v) is 10.2. The second-order valence-corrected chi connectivity index (χ2v) is 6.99. The average Bonchev–Trinajstić information content (AvgIpc) is 3.37. The Balaban J connectivity index is 1.82. The number of aliphatic imine (C=N–C) groups is 1. The molecule has 1 aliphatic heterocycles. The molecule has 0 fully saturated rings. The van der Waals surface area contributed by atoms with Crippen molar-refractivity contribution in [1.82, 2.24) is 19.9 Å². The van der Waals surface area contributed by atoms with Gasteiger partial charge in [0.25, 0.3) is 5.78 Å². The first-order chi connectivity index (χ1) is 15.6. The number of rotatable bonds is 6. The quantitative estimate of drug-likeness (QED) is 0.606. The molecule has 0 unspecified atom stereocenters. The summed E-state index contributed by atoms with van der Waals surface area (Å²) in [7, 11) is 0. The van der Waals surface area contributed by atoms with Crippen molar-refractivity contribution in [3.63, 3.8) is 0 Å². The summed E-state index contributed by atoms with van der Waals surface area (Å²) in [5, 5.41) is 21.7. The number of aliphatic hydroxyl groups excluding tert-OH is 1. The molecule has 0 amide bonds. The number of aromatic nitrogens is 4. The van der Waals surface area contributed by atoms with E-state index in [0.717, 1.165) is 24.3 Å². The van der Waals surface area contributed by atoms with Gasteiger partial charge in [0.2, 0.25) is 11.6 Å². The van der Waals surface area contributed by atoms with Gasteiger partial charge in [-0.25, -0.2) is 4.99 Å². The number of nitrogens with zero attached hydrogens (tertiary/aromatic N) is 7. The summed E-state index contributed by atoms with van der Waals surface area (Å²) in [6.45, 7) is 7.96. The van der Waals surface area contributed by atoms with Gasteiger partial charge in [0.15, 0.2) is 5.71 Å². The Morgan fingerprint density at radius 2 is 1.94 bits per heavy atom. The van der Waals surface area contributed by atoms with Crippen molar-refractivity contribution in [1.29, 1.82) is 0 Å². The highest BCUT2D eigenvalue weighted by molar-refractivity contribution is 6.73. The first-order valence-electron chi connectivity index (χ1n) is 10.2. The largest absolute Gasteiger partial charge is 0.462 e. The van der Waals surface area contributed by atoms with E-state index in [1.807, 2.05) is 25.1 Å². The van der Waals surface area contributed by atoms with Gasteiger partial charge in [0, 0.05) is 30.9 Å². The van der Waals surface area contributed by atoms with Gasteiger partial charge in [-0.15, -0.1) is 10.2 Å². The van der Waals surface area contributed by atoms with Gasteiger partial charge < -0.3 is 10.0 Å². The van der Waals surface area contributed by atoms with Gasteiger partial charge in [-0.05, 0) is 56.7 Å². The van der Waals surface area contributed by atoms with Crippen LogP contribution in [0.2, 0.25) is 0 Å². The normalized spacial score (nSPS) is 13.3. The highest BCUT2D eigenvalue weighted by atomic mass is 16.2. The van der Waals surface area contributed by atoms with Crippen LogP contribution in [-0.2, 0) is 4.79 Å². The van der Waals surface area contributed by atoms with Crippen molar-refractivity contribution >= 4 is 28.6 Å². The molecular weight excluding hydrogens is 406 g/mol. The number of anilines is 1. The van der Waals surface area contributed by atoms with Gasteiger partial charge in [-0.1, -0.05) is 6.07 Å². The molecule has 0 radical (unpaired) electrons. The molecule has 0 spiro atoms. The molecule has 0 saturated carbocycles. The van der Waals surface area contributed by atoms with Crippen LogP contribution < -0.4 is 4.90 Å². The summed E-state index contributed by atoms with van der Waals surface area (Å²) in [5.74, 6) is 2.13. The highest BCUT2D eigenvalue weighted by Gasteiger charge is 2.33. The lowest BCUT2D eigenvalue weighted by molar-refractivity contribution is -0.108. The van der Waals surface area contributed by atoms with Gasteiger partial charge in [0.05, 0.1) is 5.69 Å². The zero-order valence-electron chi connectivity index (χ0n) is 17.9. The molecule has 1 N–H and O–H groups in total. The molecule has 0 aliphatic carbocycles. The van der Waals surface area contributed by atoms with Crippen LogP contribution >= 0.6 is 0 Å². The fourth-order valence-corrected chi connectivity index (χ4v) is 3.47. The fourth-order valence-electron chi connectivity index (χ4n) is 3.47. The van der Waals surface area contributed by atoms with Crippen LogP contribution in [-0.4, -0.2) is 55.3 Å². The van der Waals surface area contributed by atoms with Crippen LogP contribution in [0.15, 0.2) is 52.7 Å². The Morgan fingerprint density at radius 3 is 2.59 bits per heavy atom. The van der Waals surface area contributed by atoms with E-state index in [-0.39, 0.29) is 11.4 Å². The number of aliphatic hydroxyl groups is 1. The molecule has 3 aromatic rings. The van der Waals surface area contributed by atoms with E-state index < -0.39 is 5.78 Å². The van der Waals surface area contributed by atoms with Crippen molar-refractivity contribution in [3.05, 3.63) is 54.0 Å². The number of carbonyl (C=O) groups excluding carboxylic acids is 1. The highest BCUT2D eigenvalue weighted by Crippen LogP contribution is 2.28. The van der Waals surface area contributed by atoms with Crippen LogP contribution in [0, 0.1) is 19.0 Å². The number of ketones is 1. The van der Waals surface area contributed by atoms with Gasteiger partial charge in [0.1, 0.15) is 17.5 Å². The van der Waals surface area contributed by atoms with E-state index in [1.165, 1.54) is 4.68 Å². The van der Waals surface area contributed by atoms with E-state index in [4.69, 9.17) is 10.1 Å².